The van der Waals surface area contributed by atoms with E-state index in [-0.39, 0.29) is 36.6 Å². The molecule has 1 aliphatic rings. The average Bonchev–Trinajstić information content (AvgIpc) is 2.12. The maximum absolute atomic E-state index is 11.5. The van der Waals surface area contributed by atoms with Crippen LogP contribution in [0.25, 0.3) is 0 Å². The summed E-state index contributed by atoms with van der Waals surface area (Å²) in [5.74, 6) is 0.0543. The van der Waals surface area contributed by atoms with Crippen LogP contribution in [-0.4, -0.2) is 16.8 Å². The number of nitrogens with two attached hydrogens (primary N) is 1. The molecule has 1 atom stereocenters. The van der Waals surface area contributed by atoms with Gasteiger partial charge in [-0.05, 0) is 24.5 Å². The summed E-state index contributed by atoms with van der Waals surface area (Å²) < 4.78 is 0. The predicted molar refractivity (Wildman–Crippen MR) is 59.4 cm³/mol. The second-order valence-electron chi connectivity index (χ2n) is 3.04. The van der Waals surface area contributed by atoms with E-state index in [4.69, 9.17) is 5.73 Å². The Kier molecular flexibility index (Phi) is 5.05. The predicted octanol–water partition coefficient (Wildman–Crippen LogP) is 1.38. The Hall–Kier alpha value is -0.640. The van der Waals surface area contributed by atoms with Crippen molar-refractivity contribution in [3.8, 4) is 0 Å². The standard InChI is InChI=1S/C9H10N2O.2ClH/c10-8-2-1-6-5-11-4-3-7(6)9(8)12;;/h3-5,8H,1-2,10H2;2*1H. The number of aryl methyl sites for hydroxylation is 1. The van der Waals surface area contributed by atoms with Gasteiger partial charge in [-0.15, -0.1) is 24.8 Å². The number of carbonyl (C=O) groups is 1. The lowest BCUT2D eigenvalue weighted by Crippen LogP contribution is -2.35. The fourth-order valence-corrected chi connectivity index (χ4v) is 1.51. The van der Waals surface area contributed by atoms with Crippen molar-refractivity contribution in [3.05, 3.63) is 29.6 Å². The number of ketones is 1. The third-order valence-electron chi connectivity index (χ3n) is 2.23. The number of aromatic nitrogens is 1. The third-order valence-corrected chi connectivity index (χ3v) is 2.23. The molecular weight excluding hydrogens is 223 g/mol. The first-order valence-corrected chi connectivity index (χ1v) is 4.02. The normalized spacial score (nSPS) is 18.9. The average molecular weight is 235 g/mol. The third kappa shape index (κ3) is 2.23. The van der Waals surface area contributed by atoms with Gasteiger partial charge in [0.1, 0.15) is 0 Å². The molecule has 5 heteroatoms. The van der Waals surface area contributed by atoms with E-state index in [1.807, 2.05) is 0 Å². The summed E-state index contributed by atoms with van der Waals surface area (Å²) in [5.41, 5.74) is 7.41. The molecular formula is C9H12Cl2N2O. The van der Waals surface area contributed by atoms with Gasteiger partial charge in [0.05, 0.1) is 6.04 Å². The van der Waals surface area contributed by atoms with E-state index in [2.05, 4.69) is 4.98 Å². The molecule has 0 radical (unpaired) electrons. The van der Waals surface area contributed by atoms with E-state index < -0.39 is 0 Å². The second-order valence-corrected chi connectivity index (χ2v) is 3.04. The highest BCUT2D eigenvalue weighted by molar-refractivity contribution is 6.02. The number of nitrogens with zero attached hydrogens (tertiary/aromatic N) is 1. The van der Waals surface area contributed by atoms with E-state index >= 15 is 0 Å². The number of halogens is 2. The monoisotopic (exact) mass is 234 g/mol. The summed E-state index contributed by atoms with van der Waals surface area (Å²) in [7, 11) is 0. The molecule has 1 aliphatic carbocycles. The molecule has 1 aromatic rings. The summed E-state index contributed by atoms with van der Waals surface area (Å²) >= 11 is 0. The number of Topliss-reactive ketones (excluding diaryl/α,β-unsaturated/α-hetero) is 1. The summed E-state index contributed by atoms with van der Waals surface area (Å²) in [6.07, 6.45) is 5.00. The van der Waals surface area contributed by atoms with Gasteiger partial charge in [0.2, 0.25) is 0 Å². The van der Waals surface area contributed by atoms with Crippen molar-refractivity contribution >= 4 is 30.6 Å². The van der Waals surface area contributed by atoms with Crippen LogP contribution < -0.4 is 5.73 Å². The van der Waals surface area contributed by atoms with E-state index in [1.165, 1.54) is 0 Å². The molecule has 2 rings (SSSR count). The highest BCUT2D eigenvalue weighted by Crippen LogP contribution is 2.18. The maximum atomic E-state index is 11.5. The lowest BCUT2D eigenvalue weighted by Gasteiger charge is -2.18. The quantitative estimate of drug-likeness (QED) is 0.739. The smallest absolute Gasteiger partial charge is 0.179 e. The highest BCUT2D eigenvalue weighted by Gasteiger charge is 2.23. The van der Waals surface area contributed by atoms with E-state index in [0.717, 1.165) is 24.0 Å². The topological polar surface area (TPSA) is 56.0 Å². The summed E-state index contributed by atoms with van der Waals surface area (Å²) in [6.45, 7) is 0. The van der Waals surface area contributed by atoms with Crippen LogP contribution in [0.4, 0.5) is 0 Å². The molecule has 3 nitrogen and oxygen atoms in total. The van der Waals surface area contributed by atoms with Crippen molar-refractivity contribution in [2.24, 2.45) is 5.73 Å². The van der Waals surface area contributed by atoms with Gasteiger partial charge >= 0.3 is 0 Å². The molecule has 1 heterocycles. The first kappa shape index (κ1) is 13.4. The van der Waals surface area contributed by atoms with Gasteiger partial charge in [-0.1, -0.05) is 0 Å². The minimum Gasteiger partial charge on any atom is -0.321 e. The van der Waals surface area contributed by atoms with Crippen molar-refractivity contribution in [1.82, 2.24) is 4.98 Å². The van der Waals surface area contributed by atoms with E-state index in [0.29, 0.717) is 0 Å². The number of pyridine rings is 1. The van der Waals surface area contributed by atoms with Gasteiger partial charge < -0.3 is 5.73 Å². The van der Waals surface area contributed by atoms with Crippen LogP contribution in [0, 0.1) is 0 Å². The van der Waals surface area contributed by atoms with Crippen LogP contribution in [0.2, 0.25) is 0 Å². The van der Waals surface area contributed by atoms with Crippen LogP contribution in [0.15, 0.2) is 18.5 Å². The Morgan fingerprint density at radius 2 is 2.14 bits per heavy atom. The Bertz CT molecular complexity index is 330. The van der Waals surface area contributed by atoms with Gasteiger partial charge in [0.25, 0.3) is 0 Å². The first-order chi connectivity index (χ1) is 5.79. The van der Waals surface area contributed by atoms with Crippen molar-refractivity contribution in [2.45, 2.75) is 18.9 Å². The first-order valence-electron chi connectivity index (χ1n) is 4.02. The van der Waals surface area contributed by atoms with Gasteiger partial charge in [-0.25, -0.2) is 0 Å². The number of hydrogen-bond donors (Lipinski definition) is 1. The molecule has 1 unspecified atom stereocenters. The van der Waals surface area contributed by atoms with Crippen molar-refractivity contribution in [3.63, 3.8) is 0 Å². The minimum atomic E-state index is -0.306. The van der Waals surface area contributed by atoms with Crippen LogP contribution in [0.3, 0.4) is 0 Å². The van der Waals surface area contributed by atoms with Crippen molar-refractivity contribution < 1.29 is 4.79 Å². The number of rotatable bonds is 0. The molecule has 78 valence electrons. The number of hydrogen-bond acceptors (Lipinski definition) is 3. The second kappa shape index (κ2) is 5.29. The lowest BCUT2D eigenvalue weighted by atomic mass is 9.89. The number of fused-ring (bicyclic) bond motifs is 1. The van der Waals surface area contributed by atoms with Crippen LogP contribution in [0.1, 0.15) is 22.3 Å². The molecule has 0 aromatic carbocycles. The summed E-state index contributed by atoms with van der Waals surface area (Å²) in [5, 5.41) is 0. The van der Waals surface area contributed by atoms with E-state index in [1.54, 1.807) is 18.5 Å². The molecule has 0 spiro atoms. The van der Waals surface area contributed by atoms with E-state index in [9.17, 15) is 4.79 Å². The summed E-state index contributed by atoms with van der Waals surface area (Å²) in [6, 6.07) is 1.44. The largest absolute Gasteiger partial charge is 0.321 e. The molecule has 14 heavy (non-hydrogen) atoms. The Balaban J connectivity index is 0.000000845. The highest BCUT2D eigenvalue weighted by atomic mass is 35.5. The zero-order chi connectivity index (χ0) is 8.55. The Labute approximate surface area is 94.9 Å². The SMILES string of the molecule is Cl.Cl.NC1CCc2cnccc2C1=O. The van der Waals surface area contributed by atoms with Crippen molar-refractivity contribution in [2.75, 3.05) is 0 Å². The number of carbonyl (C=O) groups excluding carboxylic acids is 1. The molecule has 0 amide bonds. The molecule has 0 bridgehead atoms. The summed E-state index contributed by atoms with van der Waals surface area (Å²) in [4.78, 5) is 15.4. The van der Waals surface area contributed by atoms with Crippen LogP contribution in [0.5, 0.6) is 0 Å². The van der Waals surface area contributed by atoms with Gasteiger partial charge in [0, 0.05) is 18.0 Å². The fraction of sp³-hybridized carbons (Fsp3) is 0.333. The zero-order valence-corrected chi connectivity index (χ0v) is 9.11. The molecule has 0 saturated heterocycles. The van der Waals surface area contributed by atoms with Gasteiger partial charge in [-0.2, -0.15) is 0 Å². The molecule has 0 fully saturated rings. The fourth-order valence-electron chi connectivity index (χ4n) is 1.51. The molecule has 1 aromatic heterocycles. The minimum absolute atomic E-state index is 0. The molecule has 0 aliphatic heterocycles. The van der Waals surface area contributed by atoms with Crippen molar-refractivity contribution in [1.29, 1.82) is 0 Å². The molecule has 2 N–H and O–H groups in total. The van der Waals surface area contributed by atoms with Gasteiger partial charge in [-0.3, -0.25) is 9.78 Å². The maximum Gasteiger partial charge on any atom is 0.179 e. The Morgan fingerprint density at radius 3 is 2.86 bits per heavy atom. The van der Waals surface area contributed by atoms with Gasteiger partial charge in [0.15, 0.2) is 5.78 Å². The van der Waals surface area contributed by atoms with Crippen LogP contribution in [-0.2, 0) is 6.42 Å². The Morgan fingerprint density at radius 1 is 1.43 bits per heavy atom. The van der Waals surface area contributed by atoms with Crippen LogP contribution >= 0.6 is 24.8 Å². The lowest BCUT2D eigenvalue weighted by molar-refractivity contribution is 0.0948. The molecule has 0 saturated carbocycles. The zero-order valence-electron chi connectivity index (χ0n) is 7.47.